The minimum Gasteiger partial charge on any atom is -0.480 e. The van der Waals surface area contributed by atoms with Crippen LogP contribution < -0.4 is 5.32 Å². The third-order valence-electron chi connectivity index (χ3n) is 4.65. The predicted octanol–water partition coefficient (Wildman–Crippen LogP) is 2.38. The van der Waals surface area contributed by atoms with Crippen LogP contribution in [-0.4, -0.2) is 39.6 Å². The van der Waals surface area contributed by atoms with Gasteiger partial charge in [-0.2, -0.15) is 0 Å². The number of anilines is 1. The van der Waals surface area contributed by atoms with E-state index >= 15 is 0 Å². The fourth-order valence-corrected chi connectivity index (χ4v) is 4.13. The predicted molar refractivity (Wildman–Crippen MR) is 97.2 cm³/mol. The zero-order valence-corrected chi connectivity index (χ0v) is 14.6. The van der Waals surface area contributed by atoms with Crippen LogP contribution >= 0.6 is 11.8 Å². The van der Waals surface area contributed by atoms with E-state index in [0.29, 0.717) is 17.0 Å². The van der Waals surface area contributed by atoms with Crippen LogP contribution in [0, 0.1) is 0 Å². The number of fused-ring (bicyclic) bond motifs is 2. The molecule has 26 heavy (non-hydrogen) atoms. The van der Waals surface area contributed by atoms with Crippen molar-refractivity contribution in [1.29, 1.82) is 0 Å². The molecule has 0 aliphatic carbocycles. The largest absolute Gasteiger partial charge is 0.480 e. The molecule has 132 valence electrons. The highest BCUT2D eigenvalue weighted by molar-refractivity contribution is 8.00. The molecular formula is C19H16N2O4S. The van der Waals surface area contributed by atoms with Crippen LogP contribution in [0.3, 0.4) is 0 Å². The summed E-state index contributed by atoms with van der Waals surface area (Å²) in [4.78, 5) is 38.6. The molecule has 4 rings (SSSR count). The number of hydrogen-bond donors (Lipinski definition) is 2. The number of amides is 2. The van der Waals surface area contributed by atoms with Crippen LogP contribution in [0.4, 0.5) is 5.69 Å². The molecule has 6 nitrogen and oxygen atoms in total. The molecule has 2 aliphatic heterocycles. The van der Waals surface area contributed by atoms with Crippen molar-refractivity contribution in [2.45, 2.75) is 23.9 Å². The van der Waals surface area contributed by atoms with E-state index in [9.17, 15) is 19.5 Å². The van der Waals surface area contributed by atoms with E-state index in [1.165, 1.54) is 16.7 Å². The van der Waals surface area contributed by atoms with Gasteiger partial charge >= 0.3 is 5.97 Å². The molecule has 0 fully saturated rings. The van der Waals surface area contributed by atoms with E-state index in [4.69, 9.17) is 0 Å². The molecule has 1 atom stereocenters. The van der Waals surface area contributed by atoms with Gasteiger partial charge in [0, 0.05) is 23.4 Å². The Labute approximate surface area is 154 Å². The molecule has 0 saturated carbocycles. The lowest BCUT2D eigenvalue weighted by molar-refractivity contribution is -0.142. The van der Waals surface area contributed by atoms with Gasteiger partial charge in [0.25, 0.3) is 5.91 Å². The van der Waals surface area contributed by atoms with Gasteiger partial charge in [-0.15, -0.1) is 11.8 Å². The zero-order valence-electron chi connectivity index (χ0n) is 13.8. The van der Waals surface area contributed by atoms with E-state index in [1.807, 2.05) is 24.3 Å². The minimum absolute atomic E-state index is 0.109. The summed E-state index contributed by atoms with van der Waals surface area (Å²) in [6.45, 7) is 0.254. The topological polar surface area (TPSA) is 86.7 Å². The van der Waals surface area contributed by atoms with Crippen molar-refractivity contribution in [2.24, 2.45) is 0 Å². The Balaban J connectivity index is 1.67. The van der Waals surface area contributed by atoms with E-state index in [0.717, 1.165) is 16.0 Å². The van der Waals surface area contributed by atoms with Gasteiger partial charge in [-0.05, 0) is 29.3 Å². The van der Waals surface area contributed by atoms with Crippen molar-refractivity contribution in [3.8, 4) is 0 Å². The Bertz CT molecular complexity index is 928. The highest BCUT2D eigenvalue weighted by Crippen LogP contribution is 2.33. The number of carbonyl (C=O) groups excluding carboxylic acids is 2. The molecule has 0 aromatic heterocycles. The molecule has 0 bridgehead atoms. The Hall–Kier alpha value is -2.80. The van der Waals surface area contributed by atoms with E-state index in [1.54, 1.807) is 18.2 Å². The summed E-state index contributed by atoms with van der Waals surface area (Å²) < 4.78 is 0. The number of benzene rings is 2. The molecule has 2 N–H and O–H groups in total. The normalized spacial score (nSPS) is 18.5. The van der Waals surface area contributed by atoms with Crippen LogP contribution in [-0.2, 0) is 22.6 Å². The molecule has 2 heterocycles. The summed E-state index contributed by atoms with van der Waals surface area (Å²) in [5.74, 6) is -1.12. The molecule has 0 spiro atoms. The first-order valence-electron chi connectivity index (χ1n) is 8.20. The molecule has 2 amide bonds. The molecule has 2 aliphatic rings. The summed E-state index contributed by atoms with van der Waals surface area (Å²) in [6.07, 6.45) is 0.286. The molecular weight excluding hydrogens is 352 g/mol. The van der Waals surface area contributed by atoms with E-state index < -0.39 is 12.0 Å². The molecule has 0 radical (unpaired) electrons. The second kappa shape index (κ2) is 6.49. The first kappa shape index (κ1) is 16.7. The van der Waals surface area contributed by atoms with Gasteiger partial charge < -0.3 is 15.3 Å². The van der Waals surface area contributed by atoms with Crippen molar-refractivity contribution >= 4 is 35.2 Å². The zero-order chi connectivity index (χ0) is 18.3. The number of carboxylic acids is 1. The average molecular weight is 368 g/mol. The van der Waals surface area contributed by atoms with Crippen LogP contribution in [0.5, 0.6) is 0 Å². The van der Waals surface area contributed by atoms with Crippen molar-refractivity contribution < 1.29 is 19.5 Å². The average Bonchev–Trinajstić information content (AvgIpc) is 2.65. The number of hydrogen-bond acceptors (Lipinski definition) is 4. The fourth-order valence-electron chi connectivity index (χ4n) is 3.34. The van der Waals surface area contributed by atoms with Gasteiger partial charge in [0.05, 0.1) is 11.4 Å². The standard InChI is InChI=1S/C19H16N2O4S/c22-17-10-26-16-6-5-12(7-14(16)20-17)18(23)21-9-13-4-2-1-3-11(13)8-15(21)19(24)25/h1-7,15H,8-10H2,(H,20,22)(H,24,25)/t15-/m1/s1. The maximum Gasteiger partial charge on any atom is 0.326 e. The van der Waals surface area contributed by atoms with Crippen LogP contribution in [0.2, 0.25) is 0 Å². The molecule has 2 aromatic rings. The van der Waals surface area contributed by atoms with Crippen LogP contribution in [0.1, 0.15) is 21.5 Å². The summed E-state index contributed by atoms with van der Waals surface area (Å²) in [6, 6.07) is 11.8. The van der Waals surface area contributed by atoms with E-state index in [-0.39, 0.29) is 24.8 Å². The van der Waals surface area contributed by atoms with Crippen molar-refractivity contribution in [2.75, 3.05) is 11.1 Å². The first-order chi connectivity index (χ1) is 12.5. The summed E-state index contributed by atoms with van der Waals surface area (Å²) in [5, 5.41) is 12.4. The van der Waals surface area contributed by atoms with E-state index in [2.05, 4.69) is 5.32 Å². The number of carboxylic acid groups (broad SMARTS) is 1. The van der Waals surface area contributed by atoms with Gasteiger partial charge in [-0.25, -0.2) is 4.79 Å². The lowest BCUT2D eigenvalue weighted by atomic mass is 9.93. The monoisotopic (exact) mass is 368 g/mol. The van der Waals surface area contributed by atoms with Crippen LogP contribution in [0.15, 0.2) is 47.4 Å². The van der Waals surface area contributed by atoms with Crippen molar-refractivity contribution in [3.05, 3.63) is 59.2 Å². The number of thioether (sulfide) groups is 1. The van der Waals surface area contributed by atoms with Gasteiger partial charge in [-0.3, -0.25) is 9.59 Å². The van der Waals surface area contributed by atoms with Gasteiger partial charge in [0.1, 0.15) is 6.04 Å². The number of nitrogens with zero attached hydrogens (tertiary/aromatic N) is 1. The van der Waals surface area contributed by atoms with Gasteiger partial charge in [0.2, 0.25) is 5.91 Å². The van der Waals surface area contributed by atoms with Crippen molar-refractivity contribution in [1.82, 2.24) is 4.90 Å². The Morgan fingerprint density at radius 1 is 1.15 bits per heavy atom. The van der Waals surface area contributed by atoms with Crippen molar-refractivity contribution in [3.63, 3.8) is 0 Å². The fraction of sp³-hybridized carbons (Fsp3) is 0.211. The number of nitrogens with one attached hydrogen (secondary N) is 1. The SMILES string of the molecule is O=C1CSc2ccc(C(=O)N3Cc4ccccc4C[C@@H]3C(=O)O)cc2N1. The smallest absolute Gasteiger partial charge is 0.326 e. The number of rotatable bonds is 2. The summed E-state index contributed by atoms with van der Waals surface area (Å²) in [7, 11) is 0. The number of carbonyl (C=O) groups is 3. The number of aliphatic carboxylic acids is 1. The third-order valence-corrected chi connectivity index (χ3v) is 5.73. The minimum atomic E-state index is -1.02. The lowest BCUT2D eigenvalue weighted by Crippen LogP contribution is -2.48. The quantitative estimate of drug-likeness (QED) is 0.850. The first-order valence-corrected chi connectivity index (χ1v) is 9.19. The van der Waals surface area contributed by atoms with Gasteiger partial charge in [0.15, 0.2) is 0 Å². The Morgan fingerprint density at radius 2 is 1.92 bits per heavy atom. The maximum atomic E-state index is 13.0. The lowest BCUT2D eigenvalue weighted by Gasteiger charge is -2.34. The van der Waals surface area contributed by atoms with Gasteiger partial charge in [-0.1, -0.05) is 24.3 Å². The Morgan fingerprint density at radius 3 is 2.69 bits per heavy atom. The second-order valence-corrected chi connectivity index (χ2v) is 7.32. The highest BCUT2D eigenvalue weighted by Gasteiger charge is 2.35. The Kier molecular flexibility index (Phi) is 4.16. The molecule has 0 saturated heterocycles. The molecule has 2 aromatic carbocycles. The highest BCUT2D eigenvalue weighted by atomic mass is 32.2. The summed E-state index contributed by atoms with van der Waals surface area (Å²) in [5.41, 5.74) is 2.89. The third kappa shape index (κ3) is 2.94. The molecule has 7 heteroatoms. The second-order valence-electron chi connectivity index (χ2n) is 6.31. The maximum absolute atomic E-state index is 13.0. The summed E-state index contributed by atoms with van der Waals surface area (Å²) >= 11 is 1.42. The molecule has 0 unspecified atom stereocenters. The van der Waals surface area contributed by atoms with Crippen LogP contribution in [0.25, 0.3) is 0 Å².